The Balaban J connectivity index is 1.59. The summed E-state index contributed by atoms with van der Waals surface area (Å²) in [7, 11) is 0. The fourth-order valence-electron chi connectivity index (χ4n) is 2.57. The van der Waals surface area contributed by atoms with Gasteiger partial charge >= 0.3 is 6.09 Å². The Kier molecular flexibility index (Phi) is 4.85. The largest absolute Gasteiger partial charge is 0.442 e. The Labute approximate surface area is 148 Å². The number of carbonyl (C=O) groups excluding carboxylic acids is 2. The topological polar surface area (TPSA) is 58.6 Å². The molecule has 1 N–H and O–H groups in total. The third-order valence-corrected chi connectivity index (χ3v) is 4.26. The number of carbonyl (C=O) groups is 2. The molecule has 6 heteroatoms. The van der Waals surface area contributed by atoms with Gasteiger partial charge in [0, 0.05) is 15.7 Å². The SMILES string of the molecule is Cc1cccc(N2CC(CNC(=O)c3cccc(Br)c3)OC2=O)c1. The van der Waals surface area contributed by atoms with E-state index in [-0.39, 0.29) is 24.6 Å². The van der Waals surface area contributed by atoms with Crippen LogP contribution in [0.15, 0.2) is 53.0 Å². The molecule has 1 heterocycles. The van der Waals surface area contributed by atoms with Crippen molar-refractivity contribution in [3.8, 4) is 0 Å². The molecule has 24 heavy (non-hydrogen) atoms. The fraction of sp³-hybridized carbons (Fsp3) is 0.222. The number of nitrogens with zero attached hydrogens (tertiary/aromatic N) is 1. The third-order valence-electron chi connectivity index (χ3n) is 3.76. The van der Waals surface area contributed by atoms with Crippen LogP contribution in [0.5, 0.6) is 0 Å². The number of rotatable bonds is 4. The standard InChI is InChI=1S/C18H17BrN2O3/c1-12-4-2-7-15(8-12)21-11-16(24-18(21)23)10-20-17(22)13-5-3-6-14(19)9-13/h2-9,16H,10-11H2,1H3,(H,20,22). The van der Waals surface area contributed by atoms with Gasteiger partial charge in [-0.1, -0.05) is 34.1 Å². The fourth-order valence-corrected chi connectivity index (χ4v) is 2.97. The summed E-state index contributed by atoms with van der Waals surface area (Å²) in [5.41, 5.74) is 2.44. The number of aryl methyl sites for hydroxylation is 1. The van der Waals surface area contributed by atoms with Crippen LogP contribution in [0, 0.1) is 6.92 Å². The molecule has 1 atom stereocenters. The molecule has 2 aromatic rings. The highest BCUT2D eigenvalue weighted by Crippen LogP contribution is 2.22. The number of benzene rings is 2. The minimum atomic E-state index is -0.387. The van der Waals surface area contributed by atoms with E-state index >= 15 is 0 Å². The van der Waals surface area contributed by atoms with Crippen molar-refractivity contribution >= 4 is 33.6 Å². The first-order valence-corrected chi connectivity index (χ1v) is 8.41. The van der Waals surface area contributed by atoms with E-state index in [0.29, 0.717) is 12.1 Å². The maximum atomic E-state index is 12.1. The normalized spacial score (nSPS) is 16.8. The van der Waals surface area contributed by atoms with E-state index in [9.17, 15) is 9.59 Å². The second-order valence-electron chi connectivity index (χ2n) is 5.68. The predicted molar refractivity (Wildman–Crippen MR) is 95.3 cm³/mol. The first-order chi connectivity index (χ1) is 11.5. The molecule has 5 nitrogen and oxygen atoms in total. The molecule has 1 fully saturated rings. The lowest BCUT2D eigenvalue weighted by Crippen LogP contribution is -2.34. The van der Waals surface area contributed by atoms with Gasteiger partial charge in [0.1, 0.15) is 6.10 Å². The van der Waals surface area contributed by atoms with Crippen molar-refractivity contribution in [2.45, 2.75) is 13.0 Å². The number of hydrogen-bond acceptors (Lipinski definition) is 3. The van der Waals surface area contributed by atoms with Gasteiger partial charge in [0.25, 0.3) is 5.91 Å². The van der Waals surface area contributed by atoms with Crippen molar-refractivity contribution in [1.82, 2.24) is 5.32 Å². The molecule has 0 saturated carbocycles. The van der Waals surface area contributed by atoms with Gasteiger partial charge in [-0.05, 0) is 42.8 Å². The lowest BCUT2D eigenvalue weighted by molar-refractivity contribution is 0.0916. The van der Waals surface area contributed by atoms with Gasteiger partial charge in [0.15, 0.2) is 0 Å². The Bertz CT molecular complexity index is 778. The lowest BCUT2D eigenvalue weighted by Gasteiger charge is -2.13. The summed E-state index contributed by atoms with van der Waals surface area (Å²) in [5, 5.41) is 2.81. The minimum Gasteiger partial charge on any atom is -0.442 e. The van der Waals surface area contributed by atoms with E-state index in [2.05, 4.69) is 21.2 Å². The molecule has 2 amide bonds. The number of nitrogens with one attached hydrogen (secondary N) is 1. The van der Waals surface area contributed by atoms with Crippen LogP contribution in [0.25, 0.3) is 0 Å². The van der Waals surface area contributed by atoms with E-state index in [1.807, 2.05) is 37.3 Å². The quantitative estimate of drug-likeness (QED) is 0.871. The zero-order valence-corrected chi connectivity index (χ0v) is 14.7. The van der Waals surface area contributed by atoms with Crippen LogP contribution in [0.1, 0.15) is 15.9 Å². The summed E-state index contributed by atoms with van der Waals surface area (Å²) < 4.78 is 6.18. The van der Waals surface area contributed by atoms with Crippen LogP contribution in [-0.2, 0) is 4.74 Å². The summed E-state index contributed by atoms with van der Waals surface area (Å²) in [6, 6.07) is 14.8. The first-order valence-electron chi connectivity index (χ1n) is 7.61. The van der Waals surface area contributed by atoms with Crippen LogP contribution in [0.2, 0.25) is 0 Å². The number of halogens is 1. The molecule has 0 aromatic heterocycles. The molecular formula is C18H17BrN2O3. The molecule has 3 rings (SSSR count). The molecule has 0 spiro atoms. The van der Waals surface area contributed by atoms with Crippen LogP contribution < -0.4 is 10.2 Å². The molecule has 124 valence electrons. The Hall–Kier alpha value is -2.34. The second kappa shape index (κ2) is 7.05. The maximum absolute atomic E-state index is 12.1. The third kappa shape index (κ3) is 3.76. The average molecular weight is 389 g/mol. The molecule has 0 radical (unpaired) electrons. The van der Waals surface area contributed by atoms with E-state index in [1.54, 1.807) is 23.1 Å². The maximum Gasteiger partial charge on any atom is 0.414 e. The van der Waals surface area contributed by atoms with Crippen molar-refractivity contribution in [3.63, 3.8) is 0 Å². The number of anilines is 1. The molecule has 0 aliphatic carbocycles. The van der Waals surface area contributed by atoms with Crippen LogP contribution in [0.4, 0.5) is 10.5 Å². The first kappa shape index (κ1) is 16.5. The van der Waals surface area contributed by atoms with E-state index < -0.39 is 0 Å². The molecule has 1 unspecified atom stereocenters. The number of ether oxygens (including phenoxy) is 1. The molecule has 1 aliphatic heterocycles. The minimum absolute atomic E-state index is 0.193. The second-order valence-corrected chi connectivity index (χ2v) is 6.59. The van der Waals surface area contributed by atoms with Gasteiger partial charge in [-0.15, -0.1) is 0 Å². The monoisotopic (exact) mass is 388 g/mol. The van der Waals surface area contributed by atoms with Crippen LogP contribution >= 0.6 is 15.9 Å². The Morgan fingerprint density at radius 3 is 2.83 bits per heavy atom. The van der Waals surface area contributed by atoms with Gasteiger partial charge in [-0.2, -0.15) is 0 Å². The van der Waals surface area contributed by atoms with Crippen molar-refractivity contribution in [3.05, 3.63) is 64.1 Å². The molecule has 2 aromatic carbocycles. The van der Waals surface area contributed by atoms with Crippen LogP contribution in [0.3, 0.4) is 0 Å². The highest BCUT2D eigenvalue weighted by atomic mass is 79.9. The van der Waals surface area contributed by atoms with E-state index in [4.69, 9.17) is 4.74 Å². The van der Waals surface area contributed by atoms with Gasteiger partial charge in [0.2, 0.25) is 0 Å². The van der Waals surface area contributed by atoms with Gasteiger partial charge in [-0.25, -0.2) is 4.79 Å². The molecule has 1 aliphatic rings. The zero-order chi connectivity index (χ0) is 17.1. The molecule has 1 saturated heterocycles. The lowest BCUT2D eigenvalue weighted by atomic mass is 10.2. The van der Waals surface area contributed by atoms with Gasteiger partial charge in [0.05, 0.1) is 13.1 Å². The molecule has 0 bridgehead atoms. The van der Waals surface area contributed by atoms with Crippen molar-refractivity contribution in [1.29, 1.82) is 0 Å². The highest BCUT2D eigenvalue weighted by Gasteiger charge is 2.32. The zero-order valence-electron chi connectivity index (χ0n) is 13.2. The number of hydrogen-bond donors (Lipinski definition) is 1. The Morgan fingerprint density at radius 2 is 2.08 bits per heavy atom. The summed E-state index contributed by atoms with van der Waals surface area (Å²) in [6.07, 6.45) is -0.753. The summed E-state index contributed by atoms with van der Waals surface area (Å²) in [4.78, 5) is 25.8. The highest BCUT2D eigenvalue weighted by molar-refractivity contribution is 9.10. The van der Waals surface area contributed by atoms with E-state index in [1.165, 1.54) is 0 Å². The van der Waals surface area contributed by atoms with Gasteiger partial charge in [-0.3, -0.25) is 9.69 Å². The average Bonchev–Trinajstić information content (AvgIpc) is 2.93. The molecular weight excluding hydrogens is 372 g/mol. The Morgan fingerprint density at radius 1 is 1.29 bits per heavy atom. The summed E-state index contributed by atoms with van der Waals surface area (Å²) >= 11 is 3.34. The van der Waals surface area contributed by atoms with Gasteiger partial charge < -0.3 is 10.1 Å². The smallest absolute Gasteiger partial charge is 0.414 e. The van der Waals surface area contributed by atoms with Crippen molar-refractivity contribution in [2.75, 3.05) is 18.0 Å². The summed E-state index contributed by atoms with van der Waals surface area (Å²) in [6.45, 7) is 2.67. The predicted octanol–water partition coefficient (Wildman–Crippen LogP) is 3.51. The van der Waals surface area contributed by atoms with E-state index in [0.717, 1.165) is 15.7 Å². The number of amides is 2. The van der Waals surface area contributed by atoms with Crippen molar-refractivity contribution < 1.29 is 14.3 Å². The van der Waals surface area contributed by atoms with Crippen LogP contribution in [-0.4, -0.2) is 31.2 Å². The van der Waals surface area contributed by atoms with Crippen molar-refractivity contribution in [2.24, 2.45) is 0 Å². The number of cyclic esters (lactones) is 1. The summed E-state index contributed by atoms with van der Waals surface area (Å²) in [5.74, 6) is -0.193.